The van der Waals surface area contributed by atoms with Crippen LogP contribution in [0.4, 0.5) is 5.69 Å². The predicted molar refractivity (Wildman–Crippen MR) is 129 cm³/mol. The Morgan fingerprint density at radius 2 is 1.97 bits per heavy atom. The van der Waals surface area contributed by atoms with Crippen LogP contribution in [-0.2, 0) is 13.1 Å². The second-order valence-electron chi connectivity index (χ2n) is 8.85. The number of likely N-dealkylation sites (tertiary alicyclic amines) is 1. The smallest absolute Gasteiger partial charge is 0.259 e. The molecule has 6 nitrogen and oxygen atoms in total. The van der Waals surface area contributed by atoms with Crippen molar-refractivity contribution in [2.75, 3.05) is 25.5 Å². The Morgan fingerprint density at radius 1 is 1.19 bits per heavy atom. The highest BCUT2D eigenvalue weighted by atomic mass is 16.5. The highest BCUT2D eigenvalue weighted by Gasteiger charge is 2.20. The van der Waals surface area contributed by atoms with E-state index in [1.165, 1.54) is 12.8 Å². The first-order valence-electron chi connectivity index (χ1n) is 11.7. The summed E-state index contributed by atoms with van der Waals surface area (Å²) in [6.45, 7) is 8.69. The number of amides is 1. The SMILES string of the molecule is CCCCn1c(CN2CCC(C)CC2)nc2cc(NC(=O)c3ccccc3OC)ccc21. The van der Waals surface area contributed by atoms with Gasteiger partial charge < -0.3 is 14.6 Å². The van der Waals surface area contributed by atoms with Crippen molar-refractivity contribution < 1.29 is 9.53 Å². The molecule has 32 heavy (non-hydrogen) atoms. The Labute approximate surface area is 190 Å². The van der Waals surface area contributed by atoms with Crippen molar-refractivity contribution >= 4 is 22.6 Å². The van der Waals surface area contributed by atoms with Crippen LogP contribution in [0.25, 0.3) is 11.0 Å². The van der Waals surface area contributed by atoms with E-state index < -0.39 is 0 Å². The van der Waals surface area contributed by atoms with Crippen LogP contribution in [0.5, 0.6) is 5.75 Å². The predicted octanol–water partition coefficient (Wildman–Crippen LogP) is 5.33. The minimum absolute atomic E-state index is 0.185. The van der Waals surface area contributed by atoms with Crippen LogP contribution >= 0.6 is 0 Å². The number of unbranched alkanes of at least 4 members (excludes halogenated alkanes) is 1. The van der Waals surface area contributed by atoms with Crippen molar-refractivity contribution in [1.82, 2.24) is 14.5 Å². The number of para-hydroxylation sites is 1. The number of anilines is 1. The molecule has 0 bridgehead atoms. The first kappa shape index (κ1) is 22.3. The van der Waals surface area contributed by atoms with Gasteiger partial charge in [-0.05, 0) is 68.6 Å². The first-order valence-corrected chi connectivity index (χ1v) is 11.7. The van der Waals surface area contributed by atoms with Crippen LogP contribution in [0.2, 0.25) is 0 Å². The zero-order chi connectivity index (χ0) is 22.5. The van der Waals surface area contributed by atoms with Gasteiger partial charge in [0.2, 0.25) is 0 Å². The van der Waals surface area contributed by atoms with Gasteiger partial charge in [0, 0.05) is 12.2 Å². The van der Waals surface area contributed by atoms with E-state index in [9.17, 15) is 4.79 Å². The van der Waals surface area contributed by atoms with Crippen molar-refractivity contribution in [3.05, 3.63) is 53.9 Å². The maximum Gasteiger partial charge on any atom is 0.259 e. The van der Waals surface area contributed by atoms with Crippen molar-refractivity contribution in [1.29, 1.82) is 0 Å². The van der Waals surface area contributed by atoms with E-state index in [1.54, 1.807) is 19.2 Å². The molecule has 170 valence electrons. The number of rotatable bonds is 8. The third-order valence-corrected chi connectivity index (χ3v) is 6.41. The molecule has 1 saturated heterocycles. The number of aromatic nitrogens is 2. The third kappa shape index (κ3) is 4.96. The van der Waals surface area contributed by atoms with E-state index in [1.807, 2.05) is 24.3 Å². The summed E-state index contributed by atoms with van der Waals surface area (Å²) in [5, 5.41) is 3.00. The van der Waals surface area contributed by atoms with Gasteiger partial charge in [0.25, 0.3) is 5.91 Å². The van der Waals surface area contributed by atoms with Gasteiger partial charge in [-0.1, -0.05) is 32.4 Å². The van der Waals surface area contributed by atoms with E-state index in [0.29, 0.717) is 11.3 Å². The zero-order valence-corrected chi connectivity index (χ0v) is 19.4. The van der Waals surface area contributed by atoms with Crippen LogP contribution in [0.15, 0.2) is 42.5 Å². The van der Waals surface area contributed by atoms with Crippen LogP contribution in [0.3, 0.4) is 0 Å². The number of piperidine rings is 1. The van der Waals surface area contributed by atoms with Gasteiger partial charge >= 0.3 is 0 Å². The Kier molecular flexibility index (Phi) is 7.10. The van der Waals surface area contributed by atoms with Crippen molar-refractivity contribution in [2.45, 2.75) is 52.6 Å². The molecule has 1 amide bonds. The lowest BCUT2D eigenvalue weighted by atomic mass is 9.99. The maximum absolute atomic E-state index is 12.8. The Hall–Kier alpha value is -2.86. The van der Waals surface area contributed by atoms with E-state index >= 15 is 0 Å². The second kappa shape index (κ2) is 10.2. The summed E-state index contributed by atoms with van der Waals surface area (Å²) in [4.78, 5) is 20.3. The topological polar surface area (TPSA) is 59.4 Å². The lowest BCUT2D eigenvalue weighted by Crippen LogP contribution is -2.33. The molecule has 0 atom stereocenters. The number of nitrogens with zero attached hydrogens (tertiary/aromatic N) is 3. The fraction of sp³-hybridized carbons (Fsp3) is 0.462. The summed E-state index contributed by atoms with van der Waals surface area (Å²) in [6, 6.07) is 13.3. The summed E-state index contributed by atoms with van der Waals surface area (Å²) >= 11 is 0. The van der Waals surface area contributed by atoms with Gasteiger partial charge in [-0.15, -0.1) is 0 Å². The summed E-state index contributed by atoms with van der Waals surface area (Å²) in [5.41, 5.74) is 3.32. The fourth-order valence-corrected chi connectivity index (χ4v) is 4.39. The Morgan fingerprint density at radius 3 is 2.72 bits per heavy atom. The van der Waals surface area contributed by atoms with Crippen molar-refractivity contribution in [3.63, 3.8) is 0 Å². The van der Waals surface area contributed by atoms with Gasteiger partial charge in [0.1, 0.15) is 11.6 Å². The van der Waals surface area contributed by atoms with Gasteiger partial charge in [0.05, 0.1) is 30.3 Å². The van der Waals surface area contributed by atoms with Gasteiger partial charge in [-0.25, -0.2) is 4.98 Å². The quantitative estimate of drug-likeness (QED) is 0.521. The van der Waals surface area contributed by atoms with Crippen LogP contribution < -0.4 is 10.1 Å². The molecule has 3 aromatic rings. The molecule has 1 aliphatic rings. The number of hydrogen-bond donors (Lipinski definition) is 1. The summed E-state index contributed by atoms with van der Waals surface area (Å²) < 4.78 is 7.69. The molecule has 0 unspecified atom stereocenters. The zero-order valence-electron chi connectivity index (χ0n) is 19.4. The number of ether oxygens (including phenoxy) is 1. The highest BCUT2D eigenvalue weighted by Crippen LogP contribution is 2.25. The number of fused-ring (bicyclic) bond motifs is 1. The molecule has 2 aromatic carbocycles. The second-order valence-corrected chi connectivity index (χ2v) is 8.85. The number of imidazole rings is 1. The Bertz CT molecular complexity index is 1070. The average molecular weight is 435 g/mol. The fourth-order valence-electron chi connectivity index (χ4n) is 4.39. The number of carbonyl (C=O) groups excluding carboxylic acids is 1. The summed E-state index contributed by atoms with van der Waals surface area (Å²) in [5.74, 6) is 2.32. The van der Waals surface area contributed by atoms with Crippen LogP contribution in [0, 0.1) is 5.92 Å². The molecule has 0 saturated carbocycles. The molecule has 2 heterocycles. The lowest BCUT2D eigenvalue weighted by molar-refractivity contribution is 0.102. The van der Waals surface area contributed by atoms with Crippen LogP contribution in [0.1, 0.15) is 55.7 Å². The number of benzene rings is 2. The van der Waals surface area contributed by atoms with Crippen molar-refractivity contribution in [2.24, 2.45) is 5.92 Å². The van der Waals surface area contributed by atoms with E-state index in [2.05, 4.69) is 34.7 Å². The molecule has 1 fully saturated rings. The molecule has 0 radical (unpaired) electrons. The number of hydrogen-bond acceptors (Lipinski definition) is 4. The number of nitrogens with one attached hydrogen (secondary N) is 1. The summed E-state index contributed by atoms with van der Waals surface area (Å²) in [6.07, 6.45) is 4.79. The van der Waals surface area contributed by atoms with E-state index in [-0.39, 0.29) is 5.91 Å². The number of carbonyl (C=O) groups is 1. The average Bonchev–Trinajstić information content (AvgIpc) is 3.15. The van der Waals surface area contributed by atoms with Crippen molar-refractivity contribution in [3.8, 4) is 5.75 Å². The largest absolute Gasteiger partial charge is 0.496 e. The standard InChI is InChI=1S/C26H34N4O2/c1-4-5-14-30-23-11-10-20(27-26(31)21-8-6-7-9-24(21)32-3)17-22(23)28-25(30)18-29-15-12-19(2)13-16-29/h6-11,17,19H,4-5,12-16,18H2,1-3H3,(H,27,31). The van der Waals surface area contributed by atoms with Gasteiger partial charge in [-0.2, -0.15) is 0 Å². The maximum atomic E-state index is 12.8. The monoisotopic (exact) mass is 434 g/mol. The third-order valence-electron chi connectivity index (χ3n) is 6.41. The van der Waals surface area contributed by atoms with Gasteiger partial charge in [-0.3, -0.25) is 9.69 Å². The minimum atomic E-state index is -0.185. The first-order chi connectivity index (χ1) is 15.6. The normalized spacial score (nSPS) is 15.2. The Balaban J connectivity index is 1.58. The molecule has 6 heteroatoms. The van der Waals surface area contributed by atoms with E-state index in [4.69, 9.17) is 9.72 Å². The van der Waals surface area contributed by atoms with Crippen LogP contribution in [-0.4, -0.2) is 40.6 Å². The number of methoxy groups -OCH3 is 1. The molecule has 4 rings (SSSR count). The molecule has 1 aliphatic heterocycles. The highest BCUT2D eigenvalue weighted by molar-refractivity contribution is 6.06. The molecule has 0 aliphatic carbocycles. The lowest BCUT2D eigenvalue weighted by Gasteiger charge is -2.30. The summed E-state index contributed by atoms with van der Waals surface area (Å²) in [7, 11) is 1.58. The molecule has 1 aromatic heterocycles. The molecular formula is C26H34N4O2. The van der Waals surface area contributed by atoms with Gasteiger partial charge in [0.15, 0.2) is 0 Å². The molecular weight excluding hydrogens is 400 g/mol. The minimum Gasteiger partial charge on any atom is -0.496 e. The molecule has 0 spiro atoms. The van der Waals surface area contributed by atoms with E-state index in [0.717, 1.165) is 67.5 Å². The number of aryl methyl sites for hydroxylation is 1. The molecule has 1 N–H and O–H groups in total.